The van der Waals surface area contributed by atoms with Crippen molar-refractivity contribution in [1.82, 2.24) is 15.3 Å². The van der Waals surface area contributed by atoms with Crippen LogP contribution >= 0.6 is 24.8 Å². The molecule has 162 valence electrons. The Kier molecular flexibility index (Phi) is 8.54. The molecule has 9 heteroatoms. The minimum Gasteiger partial charge on any atom is -0.399 e. The van der Waals surface area contributed by atoms with Crippen molar-refractivity contribution in [2.24, 2.45) is 0 Å². The summed E-state index contributed by atoms with van der Waals surface area (Å²) in [7, 11) is 0. The molecule has 2 aliphatic rings. The second kappa shape index (κ2) is 10.7. The molecule has 1 fully saturated rings. The van der Waals surface area contributed by atoms with Crippen molar-refractivity contribution in [3.05, 3.63) is 35.0 Å². The first-order valence-corrected chi connectivity index (χ1v) is 10.1. The second-order valence-electron chi connectivity index (χ2n) is 7.62. The van der Waals surface area contributed by atoms with E-state index in [-0.39, 0.29) is 24.8 Å². The molecule has 1 aromatic carbocycles. The van der Waals surface area contributed by atoms with Crippen molar-refractivity contribution < 1.29 is 0 Å². The minimum atomic E-state index is 0. The van der Waals surface area contributed by atoms with Gasteiger partial charge >= 0.3 is 0 Å². The standard InChI is InChI=1S/C21H27N7.2ClH/c1-2-7-24-16-6-8-28(13-16)20-18-4-3-5-19(18)26-21(27-20)25-17-10-14(12-22)9-15(23)11-17;;/h9-11,16,24H,2-8,13,23H2,1H3,(H,25,26,27);2*1H. The summed E-state index contributed by atoms with van der Waals surface area (Å²) in [5.74, 6) is 1.64. The van der Waals surface area contributed by atoms with Gasteiger partial charge in [0.25, 0.3) is 0 Å². The molecule has 1 aromatic heterocycles. The van der Waals surface area contributed by atoms with Gasteiger partial charge in [0.15, 0.2) is 0 Å². The van der Waals surface area contributed by atoms with E-state index in [0.29, 0.717) is 23.2 Å². The Labute approximate surface area is 190 Å². The van der Waals surface area contributed by atoms with E-state index < -0.39 is 0 Å². The molecule has 1 saturated heterocycles. The van der Waals surface area contributed by atoms with E-state index >= 15 is 0 Å². The van der Waals surface area contributed by atoms with Crippen molar-refractivity contribution in [2.45, 2.75) is 45.1 Å². The fourth-order valence-electron chi connectivity index (χ4n) is 4.12. The number of nitrogens with zero attached hydrogens (tertiary/aromatic N) is 4. The zero-order valence-electron chi connectivity index (χ0n) is 17.1. The third kappa shape index (κ3) is 5.25. The summed E-state index contributed by atoms with van der Waals surface area (Å²) in [6.07, 6.45) is 5.46. The normalized spacial score (nSPS) is 16.9. The van der Waals surface area contributed by atoms with Crippen molar-refractivity contribution in [3.8, 4) is 6.07 Å². The lowest BCUT2D eigenvalue weighted by Gasteiger charge is -2.22. The predicted octanol–water partition coefficient (Wildman–Crippen LogP) is 3.58. The smallest absolute Gasteiger partial charge is 0.229 e. The van der Waals surface area contributed by atoms with Crippen LogP contribution in [0.3, 0.4) is 0 Å². The van der Waals surface area contributed by atoms with Crippen LogP contribution < -0.4 is 21.3 Å². The summed E-state index contributed by atoms with van der Waals surface area (Å²) >= 11 is 0. The summed E-state index contributed by atoms with van der Waals surface area (Å²) in [4.78, 5) is 12.0. The molecular weight excluding hydrogens is 421 g/mol. The van der Waals surface area contributed by atoms with Crippen molar-refractivity contribution >= 4 is 48.0 Å². The second-order valence-corrected chi connectivity index (χ2v) is 7.62. The quantitative estimate of drug-likeness (QED) is 0.578. The number of hydrogen-bond acceptors (Lipinski definition) is 7. The largest absolute Gasteiger partial charge is 0.399 e. The van der Waals surface area contributed by atoms with Gasteiger partial charge in [0, 0.05) is 36.1 Å². The van der Waals surface area contributed by atoms with Crippen molar-refractivity contribution in [1.29, 1.82) is 5.26 Å². The van der Waals surface area contributed by atoms with Gasteiger partial charge in [0.05, 0.1) is 17.3 Å². The molecule has 4 rings (SSSR count). The van der Waals surface area contributed by atoms with Gasteiger partial charge in [0.1, 0.15) is 5.82 Å². The molecule has 0 spiro atoms. The van der Waals surface area contributed by atoms with E-state index in [1.165, 1.54) is 5.56 Å². The molecule has 1 unspecified atom stereocenters. The highest BCUT2D eigenvalue weighted by Gasteiger charge is 2.28. The highest BCUT2D eigenvalue weighted by atomic mass is 35.5. The summed E-state index contributed by atoms with van der Waals surface area (Å²) in [6.45, 7) is 5.26. The zero-order valence-corrected chi connectivity index (χ0v) is 18.8. The van der Waals surface area contributed by atoms with Gasteiger partial charge in [-0.05, 0) is 56.8 Å². The van der Waals surface area contributed by atoms with Crippen LogP contribution in [-0.4, -0.2) is 35.6 Å². The molecule has 4 N–H and O–H groups in total. The molecular formula is C21H29Cl2N7. The van der Waals surface area contributed by atoms with Crippen LogP contribution in [0.2, 0.25) is 0 Å². The van der Waals surface area contributed by atoms with Gasteiger partial charge < -0.3 is 21.3 Å². The maximum atomic E-state index is 9.18. The fourth-order valence-corrected chi connectivity index (χ4v) is 4.12. The van der Waals surface area contributed by atoms with Crippen LogP contribution in [0.4, 0.5) is 23.1 Å². The Hall–Kier alpha value is -2.27. The Bertz CT molecular complexity index is 913. The van der Waals surface area contributed by atoms with E-state index in [4.69, 9.17) is 15.7 Å². The molecule has 0 amide bonds. The first-order chi connectivity index (χ1) is 13.7. The molecule has 0 saturated carbocycles. The van der Waals surface area contributed by atoms with Gasteiger partial charge in [-0.25, -0.2) is 4.98 Å². The van der Waals surface area contributed by atoms with Crippen LogP contribution in [-0.2, 0) is 12.8 Å². The molecule has 2 heterocycles. The molecule has 2 aromatic rings. The Morgan fingerprint density at radius 2 is 2.07 bits per heavy atom. The van der Waals surface area contributed by atoms with Crippen LogP contribution in [0.1, 0.15) is 43.0 Å². The number of aryl methyl sites for hydroxylation is 1. The van der Waals surface area contributed by atoms with E-state index in [9.17, 15) is 5.26 Å². The number of benzene rings is 1. The van der Waals surface area contributed by atoms with E-state index in [1.807, 2.05) is 0 Å². The summed E-state index contributed by atoms with van der Waals surface area (Å²) in [6, 6.07) is 7.90. The predicted molar refractivity (Wildman–Crippen MR) is 126 cm³/mol. The zero-order chi connectivity index (χ0) is 19.5. The van der Waals surface area contributed by atoms with Gasteiger partial charge in [-0.2, -0.15) is 10.2 Å². The molecule has 30 heavy (non-hydrogen) atoms. The third-order valence-corrected chi connectivity index (χ3v) is 5.42. The molecule has 0 bridgehead atoms. The van der Waals surface area contributed by atoms with E-state index in [1.54, 1.807) is 18.2 Å². The lowest BCUT2D eigenvalue weighted by Crippen LogP contribution is -2.33. The van der Waals surface area contributed by atoms with Crippen molar-refractivity contribution in [2.75, 3.05) is 35.6 Å². The van der Waals surface area contributed by atoms with Crippen LogP contribution in [0.25, 0.3) is 0 Å². The van der Waals surface area contributed by atoms with Crippen LogP contribution in [0.5, 0.6) is 0 Å². The number of aromatic nitrogens is 2. The number of nitriles is 1. The summed E-state index contributed by atoms with van der Waals surface area (Å²) in [5.41, 5.74) is 10.2. The number of fused-ring (bicyclic) bond motifs is 1. The van der Waals surface area contributed by atoms with Gasteiger partial charge in [0.2, 0.25) is 5.95 Å². The number of nitrogen functional groups attached to an aromatic ring is 1. The average molecular weight is 450 g/mol. The molecule has 1 aliphatic heterocycles. The maximum absolute atomic E-state index is 9.18. The van der Waals surface area contributed by atoms with E-state index in [0.717, 1.165) is 68.9 Å². The summed E-state index contributed by atoms with van der Waals surface area (Å²) in [5, 5.41) is 16.1. The highest BCUT2D eigenvalue weighted by Crippen LogP contribution is 2.32. The first kappa shape index (κ1) is 24.0. The lowest BCUT2D eigenvalue weighted by atomic mass is 10.2. The first-order valence-electron chi connectivity index (χ1n) is 10.1. The van der Waals surface area contributed by atoms with E-state index in [2.05, 4.69) is 28.5 Å². The minimum absolute atomic E-state index is 0. The topological polar surface area (TPSA) is 103 Å². The monoisotopic (exact) mass is 449 g/mol. The third-order valence-electron chi connectivity index (χ3n) is 5.42. The molecule has 7 nitrogen and oxygen atoms in total. The number of anilines is 4. The number of halogens is 2. The molecule has 1 aliphatic carbocycles. The Balaban J connectivity index is 0.00000160. The number of hydrogen-bond donors (Lipinski definition) is 3. The Morgan fingerprint density at radius 3 is 2.83 bits per heavy atom. The van der Waals surface area contributed by atoms with Crippen LogP contribution in [0, 0.1) is 11.3 Å². The number of nitrogens with two attached hydrogens (primary N) is 1. The van der Waals surface area contributed by atoms with Crippen LogP contribution in [0.15, 0.2) is 18.2 Å². The van der Waals surface area contributed by atoms with Crippen molar-refractivity contribution in [3.63, 3.8) is 0 Å². The van der Waals surface area contributed by atoms with Gasteiger partial charge in [-0.1, -0.05) is 6.92 Å². The molecule has 0 radical (unpaired) electrons. The van der Waals surface area contributed by atoms with Gasteiger partial charge in [-0.3, -0.25) is 0 Å². The number of rotatable bonds is 6. The Morgan fingerprint density at radius 1 is 1.23 bits per heavy atom. The lowest BCUT2D eigenvalue weighted by molar-refractivity contribution is 0.549. The average Bonchev–Trinajstić information content (AvgIpc) is 3.34. The maximum Gasteiger partial charge on any atom is 0.229 e. The highest BCUT2D eigenvalue weighted by molar-refractivity contribution is 5.85. The molecule has 1 atom stereocenters. The van der Waals surface area contributed by atoms with Gasteiger partial charge in [-0.15, -0.1) is 24.8 Å². The summed E-state index contributed by atoms with van der Waals surface area (Å²) < 4.78 is 0. The SMILES string of the molecule is CCCNC1CCN(c2nc(Nc3cc(N)cc(C#N)c3)nc3c2CCC3)C1.Cl.Cl. The number of nitrogens with one attached hydrogen (secondary N) is 2. The fraction of sp³-hybridized carbons (Fsp3) is 0.476.